The van der Waals surface area contributed by atoms with Gasteiger partial charge in [0.15, 0.2) is 0 Å². The lowest BCUT2D eigenvalue weighted by Gasteiger charge is -2.23. The molecule has 4 nitrogen and oxygen atoms in total. The second-order valence-electron chi connectivity index (χ2n) is 5.30. The lowest BCUT2D eigenvalue weighted by Crippen LogP contribution is -2.47. The summed E-state index contributed by atoms with van der Waals surface area (Å²) in [5, 5.41) is 2.91. The molecule has 0 aromatic heterocycles. The van der Waals surface area contributed by atoms with Gasteiger partial charge in [0.1, 0.15) is 6.04 Å². The largest absolute Gasteiger partial charge is 0.354 e. The zero-order chi connectivity index (χ0) is 14.5. The second kappa shape index (κ2) is 6.79. The molecule has 5 heteroatoms. The maximum Gasteiger partial charge on any atom is 0.255 e. The molecule has 1 atom stereocenters. The lowest BCUT2D eigenvalue weighted by atomic mass is 10.1. The van der Waals surface area contributed by atoms with Gasteiger partial charge in [-0.25, -0.2) is 0 Å². The highest BCUT2D eigenvalue weighted by molar-refractivity contribution is 7.99. The van der Waals surface area contributed by atoms with Crippen molar-refractivity contribution in [3.63, 3.8) is 0 Å². The first-order valence-electron chi connectivity index (χ1n) is 6.81. The van der Waals surface area contributed by atoms with E-state index in [4.69, 9.17) is 0 Å². The molecule has 0 spiro atoms. The fourth-order valence-electron chi connectivity index (χ4n) is 2.03. The molecular formula is C15H20N2O2S. The van der Waals surface area contributed by atoms with E-state index >= 15 is 0 Å². The Hall–Kier alpha value is -1.49. The first-order valence-corrected chi connectivity index (χ1v) is 7.96. The maximum absolute atomic E-state index is 12.4. The summed E-state index contributed by atoms with van der Waals surface area (Å²) in [7, 11) is 0. The van der Waals surface area contributed by atoms with Crippen LogP contribution in [0.1, 0.15) is 24.2 Å². The Morgan fingerprint density at radius 1 is 1.35 bits per heavy atom. The van der Waals surface area contributed by atoms with Crippen molar-refractivity contribution in [2.75, 3.05) is 18.2 Å². The van der Waals surface area contributed by atoms with Crippen LogP contribution in [0.5, 0.6) is 0 Å². The van der Waals surface area contributed by atoms with E-state index < -0.39 is 0 Å². The first kappa shape index (κ1) is 14.9. The number of carbonyl (C=O) groups is 2. The highest BCUT2D eigenvalue weighted by atomic mass is 32.2. The number of carbonyl (C=O) groups excluding carboxylic acids is 2. The molecule has 0 unspecified atom stereocenters. The molecule has 0 radical (unpaired) electrons. The molecule has 20 heavy (non-hydrogen) atoms. The molecule has 0 bridgehead atoms. The molecule has 1 N–H and O–H groups in total. The topological polar surface area (TPSA) is 49.4 Å². The van der Waals surface area contributed by atoms with Crippen molar-refractivity contribution in [3.05, 3.63) is 35.9 Å². The molecule has 0 aliphatic carbocycles. The maximum atomic E-state index is 12.4. The van der Waals surface area contributed by atoms with Crippen molar-refractivity contribution in [1.82, 2.24) is 10.2 Å². The molecule has 108 valence electrons. The molecular weight excluding hydrogens is 272 g/mol. The van der Waals surface area contributed by atoms with Crippen LogP contribution >= 0.6 is 11.8 Å². The Bertz CT molecular complexity index is 476. The number of nitrogens with zero attached hydrogens (tertiary/aromatic N) is 1. The number of rotatable bonds is 4. The van der Waals surface area contributed by atoms with Crippen LogP contribution < -0.4 is 5.32 Å². The summed E-state index contributed by atoms with van der Waals surface area (Å²) in [6, 6.07) is 8.77. The van der Waals surface area contributed by atoms with E-state index in [1.807, 2.05) is 18.2 Å². The number of nitrogens with one attached hydrogen (secondary N) is 1. The number of amides is 2. The molecule has 1 heterocycles. The molecule has 2 amide bonds. The zero-order valence-corrected chi connectivity index (χ0v) is 12.7. The fourth-order valence-corrected chi connectivity index (χ4v) is 3.18. The Balaban J connectivity index is 2.04. The van der Waals surface area contributed by atoms with Crippen molar-refractivity contribution in [2.24, 2.45) is 5.92 Å². The average molecular weight is 292 g/mol. The van der Waals surface area contributed by atoms with Crippen LogP contribution in [0.15, 0.2) is 30.3 Å². The van der Waals surface area contributed by atoms with Gasteiger partial charge in [0.2, 0.25) is 5.91 Å². The number of hydrogen-bond acceptors (Lipinski definition) is 3. The van der Waals surface area contributed by atoms with Crippen LogP contribution in [0.3, 0.4) is 0 Å². The van der Waals surface area contributed by atoms with E-state index in [-0.39, 0.29) is 17.9 Å². The molecule has 1 saturated heterocycles. The molecule has 2 rings (SSSR count). The molecule has 1 aromatic carbocycles. The highest BCUT2D eigenvalue weighted by Crippen LogP contribution is 2.23. The lowest BCUT2D eigenvalue weighted by molar-refractivity contribution is -0.124. The van der Waals surface area contributed by atoms with Gasteiger partial charge in [0, 0.05) is 17.9 Å². The standard InChI is InChI=1S/C15H20N2O2S/c1-11(2)8-16-14(18)13-9-20-10-17(13)15(19)12-6-4-3-5-7-12/h3-7,11,13H,8-10H2,1-2H3,(H,16,18)/t13-/m1/s1. The minimum atomic E-state index is -0.355. The normalized spacial score (nSPS) is 18.4. The van der Waals surface area contributed by atoms with Crippen molar-refractivity contribution in [2.45, 2.75) is 19.9 Å². The van der Waals surface area contributed by atoms with Crippen molar-refractivity contribution >= 4 is 23.6 Å². The molecule has 1 aliphatic heterocycles. The third kappa shape index (κ3) is 3.54. The van der Waals surface area contributed by atoms with Gasteiger partial charge in [-0.3, -0.25) is 9.59 Å². The summed E-state index contributed by atoms with van der Waals surface area (Å²) in [4.78, 5) is 26.3. The minimum Gasteiger partial charge on any atom is -0.354 e. The Morgan fingerprint density at radius 2 is 2.05 bits per heavy atom. The van der Waals surface area contributed by atoms with Crippen LogP contribution in [0.25, 0.3) is 0 Å². The van der Waals surface area contributed by atoms with Gasteiger partial charge in [-0.05, 0) is 18.1 Å². The van der Waals surface area contributed by atoms with Crippen LogP contribution in [-0.4, -0.2) is 40.9 Å². The van der Waals surface area contributed by atoms with E-state index in [9.17, 15) is 9.59 Å². The predicted molar refractivity (Wildman–Crippen MR) is 81.6 cm³/mol. The smallest absolute Gasteiger partial charge is 0.255 e. The summed E-state index contributed by atoms with van der Waals surface area (Å²) >= 11 is 1.62. The minimum absolute atomic E-state index is 0.0482. The number of thioether (sulfide) groups is 1. The summed E-state index contributed by atoms with van der Waals surface area (Å²) in [6.07, 6.45) is 0. The first-order chi connectivity index (χ1) is 9.59. The summed E-state index contributed by atoms with van der Waals surface area (Å²) in [5.74, 6) is 1.54. The van der Waals surface area contributed by atoms with Gasteiger partial charge in [0.05, 0.1) is 5.88 Å². The Kier molecular flexibility index (Phi) is 5.06. The van der Waals surface area contributed by atoms with Gasteiger partial charge < -0.3 is 10.2 Å². The zero-order valence-electron chi connectivity index (χ0n) is 11.8. The van der Waals surface area contributed by atoms with Gasteiger partial charge in [-0.2, -0.15) is 0 Å². The molecule has 0 saturated carbocycles. The van der Waals surface area contributed by atoms with Crippen molar-refractivity contribution < 1.29 is 9.59 Å². The number of hydrogen-bond donors (Lipinski definition) is 1. The van der Waals surface area contributed by atoms with Gasteiger partial charge in [0.25, 0.3) is 5.91 Å². The van der Waals surface area contributed by atoms with Crippen molar-refractivity contribution in [3.8, 4) is 0 Å². The van der Waals surface area contributed by atoms with E-state index in [0.717, 1.165) is 0 Å². The monoisotopic (exact) mass is 292 g/mol. The number of benzene rings is 1. The molecule has 1 aliphatic rings. The van der Waals surface area contributed by atoms with Crippen molar-refractivity contribution in [1.29, 1.82) is 0 Å². The van der Waals surface area contributed by atoms with Gasteiger partial charge in [-0.1, -0.05) is 32.0 Å². The van der Waals surface area contributed by atoms with E-state index in [0.29, 0.717) is 29.7 Å². The fraction of sp³-hybridized carbons (Fsp3) is 0.467. The Morgan fingerprint density at radius 3 is 2.70 bits per heavy atom. The summed E-state index contributed by atoms with van der Waals surface area (Å²) in [5.41, 5.74) is 0.636. The SMILES string of the molecule is CC(C)CNC(=O)[C@H]1CSCN1C(=O)c1ccccc1. The van der Waals surface area contributed by atoms with Gasteiger partial charge in [-0.15, -0.1) is 11.8 Å². The van der Waals surface area contributed by atoms with E-state index in [1.54, 1.807) is 28.8 Å². The quantitative estimate of drug-likeness (QED) is 0.923. The highest BCUT2D eigenvalue weighted by Gasteiger charge is 2.34. The van der Waals surface area contributed by atoms with E-state index in [1.165, 1.54) is 0 Å². The van der Waals surface area contributed by atoms with Gasteiger partial charge >= 0.3 is 0 Å². The summed E-state index contributed by atoms with van der Waals surface area (Å²) in [6.45, 7) is 4.75. The predicted octanol–water partition coefficient (Wildman–Crippen LogP) is 1.97. The second-order valence-corrected chi connectivity index (χ2v) is 6.30. The average Bonchev–Trinajstić information content (AvgIpc) is 2.94. The molecule has 1 aromatic rings. The third-order valence-electron chi connectivity index (χ3n) is 3.15. The van der Waals surface area contributed by atoms with Crippen LogP contribution in [0.2, 0.25) is 0 Å². The van der Waals surface area contributed by atoms with Crippen LogP contribution in [0, 0.1) is 5.92 Å². The van der Waals surface area contributed by atoms with E-state index in [2.05, 4.69) is 19.2 Å². The molecule has 1 fully saturated rings. The third-order valence-corrected chi connectivity index (χ3v) is 4.16. The van der Waals surface area contributed by atoms with Crippen LogP contribution in [0.4, 0.5) is 0 Å². The summed E-state index contributed by atoms with van der Waals surface area (Å²) < 4.78 is 0. The van der Waals surface area contributed by atoms with Crippen LogP contribution in [-0.2, 0) is 4.79 Å². The Labute approximate surface area is 123 Å².